The summed E-state index contributed by atoms with van der Waals surface area (Å²) in [6.07, 6.45) is 8.33. The van der Waals surface area contributed by atoms with Crippen LogP contribution in [0.25, 0.3) is 0 Å². The van der Waals surface area contributed by atoms with Crippen molar-refractivity contribution < 1.29 is 14.2 Å². The number of hydrogen-bond donors (Lipinski definition) is 1. The van der Waals surface area contributed by atoms with Crippen molar-refractivity contribution >= 4 is 5.90 Å². The van der Waals surface area contributed by atoms with Gasteiger partial charge in [-0.15, -0.1) is 0 Å². The van der Waals surface area contributed by atoms with Gasteiger partial charge in [-0.1, -0.05) is 87.4 Å². The molecule has 5 rings (SSSR count). The van der Waals surface area contributed by atoms with Gasteiger partial charge in [-0.05, 0) is 36.1 Å². The Hall–Kier alpha value is -3.86. The largest absolute Gasteiger partial charge is 0.489 e. The van der Waals surface area contributed by atoms with Crippen LogP contribution in [-0.2, 0) is 16.1 Å². The summed E-state index contributed by atoms with van der Waals surface area (Å²) in [5, 5.41) is 40.8. The second-order valence-corrected chi connectivity index (χ2v) is 11.0. The van der Waals surface area contributed by atoms with Crippen LogP contribution in [0.15, 0.2) is 54.6 Å². The fourth-order valence-electron chi connectivity index (χ4n) is 6.70. The summed E-state index contributed by atoms with van der Waals surface area (Å²) in [6, 6.07) is 23.7. The van der Waals surface area contributed by atoms with Gasteiger partial charge in [0.25, 0.3) is 0 Å². The van der Waals surface area contributed by atoms with Gasteiger partial charge in [0.2, 0.25) is 17.1 Å². The SMILES string of the molecule is N#CC1(C#N)C(c2ccc(OCc3ccccc3)cc2)OC23CCCCCCCCCCC2C1(C#N)C(=N)O3. The Morgan fingerprint density at radius 3 is 2.10 bits per heavy atom. The molecule has 2 aliphatic heterocycles. The number of rotatable bonds is 4. The van der Waals surface area contributed by atoms with Crippen LogP contribution < -0.4 is 4.74 Å². The van der Waals surface area contributed by atoms with Gasteiger partial charge in [0.05, 0.1) is 24.1 Å². The van der Waals surface area contributed by atoms with E-state index >= 15 is 0 Å². The van der Waals surface area contributed by atoms with Crippen LogP contribution in [0.4, 0.5) is 0 Å². The molecule has 0 aromatic heterocycles. The summed E-state index contributed by atoms with van der Waals surface area (Å²) in [6.45, 7) is 0.410. The maximum absolute atomic E-state index is 10.7. The topological polar surface area (TPSA) is 123 Å². The average molecular weight is 523 g/mol. The van der Waals surface area contributed by atoms with Crippen LogP contribution in [-0.4, -0.2) is 11.7 Å². The lowest BCUT2D eigenvalue weighted by atomic mass is 9.52. The summed E-state index contributed by atoms with van der Waals surface area (Å²) in [4.78, 5) is 0. The third-order valence-corrected chi connectivity index (χ3v) is 8.75. The number of hydrogen-bond acceptors (Lipinski definition) is 7. The molecule has 3 aliphatic rings. The van der Waals surface area contributed by atoms with Crippen LogP contribution >= 0.6 is 0 Å². The van der Waals surface area contributed by atoms with Gasteiger partial charge in [-0.25, -0.2) is 0 Å². The van der Waals surface area contributed by atoms with Crippen molar-refractivity contribution in [2.24, 2.45) is 16.7 Å². The van der Waals surface area contributed by atoms with Crippen molar-refractivity contribution in [1.82, 2.24) is 0 Å². The minimum Gasteiger partial charge on any atom is -0.489 e. The predicted octanol–water partition coefficient (Wildman–Crippen LogP) is 7.12. The van der Waals surface area contributed by atoms with Crippen molar-refractivity contribution in [2.45, 2.75) is 82.7 Å². The lowest BCUT2D eigenvalue weighted by Gasteiger charge is -2.50. The van der Waals surface area contributed by atoms with E-state index in [1.54, 1.807) is 24.3 Å². The number of nitrogens with zero attached hydrogens (tertiary/aromatic N) is 3. The van der Waals surface area contributed by atoms with Gasteiger partial charge in [-0.3, -0.25) is 5.41 Å². The van der Waals surface area contributed by atoms with Gasteiger partial charge in [0.1, 0.15) is 18.5 Å². The number of nitrogens with one attached hydrogen (secondary N) is 1. The van der Waals surface area contributed by atoms with Gasteiger partial charge in [0.15, 0.2) is 5.41 Å². The molecule has 0 amide bonds. The summed E-state index contributed by atoms with van der Waals surface area (Å²) >= 11 is 0. The molecule has 2 bridgehead atoms. The molecule has 200 valence electrons. The highest BCUT2D eigenvalue weighted by atomic mass is 16.7. The molecular formula is C32H34N4O3. The Morgan fingerprint density at radius 1 is 0.821 bits per heavy atom. The van der Waals surface area contributed by atoms with Gasteiger partial charge < -0.3 is 14.2 Å². The number of benzene rings is 2. The molecule has 7 nitrogen and oxygen atoms in total. The molecule has 3 fully saturated rings. The quantitative estimate of drug-likeness (QED) is 0.456. The smallest absolute Gasteiger partial charge is 0.217 e. The molecule has 1 aliphatic carbocycles. The maximum Gasteiger partial charge on any atom is 0.217 e. The minimum atomic E-state index is -1.94. The molecule has 4 atom stereocenters. The Labute approximate surface area is 230 Å². The van der Waals surface area contributed by atoms with Crippen LogP contribution in [0.3, 0.4) is 0 Å². The van der Waals surface area contributed by atoms with E-state index in [9.17, 15) is 15.8 Å². The zero-order chi connectivity index (χ0) is 27.3. The summed E-state index contributed by atoms with van der Waals surface area (Å²) < 4.78 is 18.9. The second-order valence-electron chi connectivity index (χ2n) is 11.0. The average Bonchev–Trinajstić information content (AvgIpc) is 3.15. The zero-order valence-corrected chi connectivity index (χ0v) is 22.2. The first kappa shape index (κ1) is 26.7. The van der Waals surface area contributed by atoms with E-state index < -0.39 is 28.6 Å². The molecule has 2 heterocycles. The van der Waals surface area contributed by atoms with Crippen LogP contribution in [0.2, 0.25) is 0 Å². The van der Waals surface area contributed by atoms with Crippen LogP contribution in [0, 0.1) is 56.2 Å². The molecule has 1 N–H and O–H groups in total. The molecular weight excluding hydrogens is 488 g/mol. The molecule has 0 radical (unpaired) electrons. The summed E-state index contributed by atoms with van der Waals surface area (Å²) in [5.41, 5.74) is -2.02. The van der Waals surface area contributed by atoms with Crippen molar-refractivity contribution in [1.29, 1.82) is 21.2 Å². The van der Waals surface area contributed by atoms with E-state index in [1.165, 1.54) is 12.8 Å². The Balaban J connectivity index is 1.51. The number of ether oxygens (including phenoxy) is 3. The fraction of sp³-hybridized carbons (Fsp3) is 0.500. The highest BCUT2D eigenvalue weighted by Gasteiger charge is 2.79. The summed E-state index contributed by atoms with van der Waals surface area (Å²) in [5.74, 6) is -1.44. The molecule has 2 aromatic rings. The molecule has 1 saturated carbocycles. The van der Waals surface area contributed by atoms with E-state index in [2.05, 4.69) is 18.2 Å². The Morgan fingerprint density at radius 2 is 1.46 bits per heavy atom. The highest BCUT2D eigenvalue weighted by Crippen LogP contribution is 2.68. The van der Waals surface area contributed by atoms with Gasteiger partial charge in [0, 0.05) is 6.42 Å². The highest BCUT2D eigenvalue weighted by molar-refractivity contribution is 5.89. The van der Waals surface area contributed by atoms with Crippen molar-refractivity contribution in [2.75, 3.05) is 0 Å². The lowest BCUT2D eigenvalue weighted by Crippen LogP contribution is -2.59. The first-order chi connectivity index (χ1) is 19.0. The Kier molecular flexibility index (Phi) is 7.60. The van der Waals surface area contributed by atoms with Crippen LogP contribution in [0.5, 0.6) is 5.75 Å². The molecule has 7 heteroatoms. The first-order valence-electron chi connectivity index (χ1n) is 14.0. The zero-order valence-electron chi connectivity index (χ0n) is 22.2. The monoisotopic (exact) mass is 522 g/mol. The predicted molar refractivity (Wildman–Crippen MR) is 144 cm³/mol. The first-order valence-corrected chi connectivity index (χ1v) is 14.0. The van der Waals surface area contributed by atoms with Gasteiger partial charge in [-0.2, -0.15) is 15.8 Å². The standard InChI is InChI=1S/C32H34N4O3/c33-21-30(22-34)28(25-15-17-26(18-16-25)37-20-24-12-8-7-9-13-24)38-32-19-11-6-4-2-1-3-5-10-14-27(32)31(30,23-35)29(36)39-32/h7-9,12-13,15-18,27-28,36H,1-6,10-11,14,19-20H2. The molecule has 2 saturated heterocycles. The fourth-order valence-corrected chi connectivity index (χ4v) is 6.70. The van der Waals surface area contributed by atoms with Crippen molar-refractivity contribution in [3.8, 4) is 24.0 Å². The molecule has 39 heavy (non-hydrogen) atoms. The third kappa shape index (κ3) is 4.44. The van der Waals surface area contributed by atoms with E-state index in [4.69, 9.17) is 19.6 Å². The normalized spacial score (nSPS) is 30.1. The van der Waals surface area contributed by atoms with Crippen LogP contribution in [0.1, 0.15) is 81.4 Å². The molecule has 0 spiro atoms. The van der Waals surface area contributed by atoms with Crippen molar-refractivity contribution in [3.05, 3.63) is 65.7 Å². The van der Waals surface area contributed by atoms with Gasteiger partial charge >= 0.3 is 0 Å². The Bertz CT molecular complexity index is 1290. The van der Waals surface area contributed by atoms with E-state index in [-0.39, 0.29) is 5.90 Å². The second kappa shape index (κ2) is 11.1. The van der Waals surface area contributed by atoms with Crippen molar-refractivity contribution in [3.63, 3.8) is 0 Å². The third-order valence-electron chi connectivity index (χ3n) is 8.75. The molecule has 2 aromatic carbocycles. The number of nitriles is 3. The van der Waals surface area contributed by atoms with E-state index in [0.29, 0.717) is 30.8 Å². The minimum absolute atomic E-state index is 0.307. The molecule has 4 unspecified atom stereocenters. The van der Waals surface area contributed by atoms with E-state index in [0.717, 1.165) is 44.1 Å². The maximum atomic E-state index is 10.7. The lowest BCUT2D eigenvalue weighted by molar-refractivity contribution is -0.287. The van der Waals surface area contributed by atoms with E-state index in [1.807, 2.05) is 30.3 Å². The summed E-state index contributed by atoms with van der Waals surface area (Å²) in [7, 11) is 0.